The van der Waals surface area contributed by atoms with Gasteiger partial charge in [-0.05, 0) is 6.42 Å². The second kappa shape index (κ2) is 2.48. The van der Waals surface area contributed by atoms with Crippen molar-refractivity contribution in [1.82, 2.24) is 0 Å². The molecule has 0 heterocycles. The first-order chi connectivity index (χ1) is 4.99. The summed E-state index contributed by atoms with van der Waals surface area (Å²) in [4.78, 5) is 10.3. The molecule has 0 bridgehead atoms. The highest BCUT2D eigenvalue weighted by molar-refractivity contribution is 7.92. The summed E-state index contributed by atoms with van der Waals surface area (Å²) in [6.07, 6.45) is 0.297. The van der Waals surface area contributed by atoms with Gasteiger partial charge in [0.05, 0.1) is 11.2 Å². The van der Waals surface area contributed by atoms with Gasteiger partial charge in [0, 0.05) is 5.75 Å². The molecule has 1 rings (SSSR count). The van der Waals surface area contributed by atoms with Crippen LogP contribution in [0.15, 0.2) is 0 Å². The van der Waals surface area contributed by atoms with Crippen LogP contribution in [0.5, 0.6) is 0 Å². The molecule has 1 N–H and O–H groups in total. The van der Waals surface area contributed by atoms with Crippen LogP contribution in [0.4, 0.5) is 0 Å². The van der Waals surface area contributed by atoms with Crippen molar-refractivity contribution in [3.63, 3.8) is 0 Å². The van der Waals surface area contributed by atoms with Crippen molar-refractivity contribution in [3.8, 4) is 0 Å². The van der Waals surface area contributed by atoms with Crippen LogP contribution in [-0.4, -0.2) is 30.5 Å². The van der Waals surface area contributed by atoms with Crippen molar-refractivity contribution in [2.45, 2.75) is 18.6 Å². The molecule has 0 spiro atoms. The first kappa shape index (κ1) is 8.52. The molecule has 1 fully saturated rings. The summed E-state index contributed by atoms with van der Waals surface area (Å²) in [5.74, 6) is -1.59. The number of carboxylic acids is 1. The fourth-order valence-corrected chi connectivity index (χ4v) is 2.59. The largest absolute Gasteiger partial charge is 0.481 e. The third kappa shape index (κ3) is 1.53. The third-order valence-corrected chi connectivity index (χ3v) is 4.16. The van der Waals surface area contributed by atoms with E-state index in [-0.39, 0.29) is 5.75 Å². The molecule has 4 nitrogen and oxygen atoms in total. The fourth-order valence-electron chi connectivity index (χ4n) is 1.04. The van der Waals surface area contributed by atoms with E-state index >= 15 is 0 Å². The number of carboxylic acid groups (broad SMARTS) is 1. The molecule has 5 heteroatoms. The van der Waals surface area contributed by atoms with Gasteiger partial charge in [-0.3, -0.25) is 4.79 Å². The van der Waals surface area contributed by atoms with Crippen LogP contribution in [0.25, 0.3) is 0 Å². The van der Waals surface area contributed by atoms with Gasteiger partial charge in [-0.25, -0.2) is 8.42 Å². The number of rotatable bonds is 3. The Morgan fingerprint density at radius 1 is 1.64 bits per heavy atom. The first-order valence-electron chi connectivity index (χ1n) is 3.43. The van der Waals surface area contributed by atoms with Crippen molar-refractivity contribution in [2.24, 2.45) is 5.92 Å². The molecule has 0 saturated heterocycles. The summed E-state index contributed by atoms with van der Waals surface area (Å²) in [7, 11) is -3.10. The number of sulfone groups is 1. The lowest BCUT2D eigenvalue weighted by molar-refractivity contribution is -0.138. The van der Waals surface area contributed by atoms with Crippen molar-refractivity contribution in [1.29, 1.82) is 0 Å². The van der Waals surface area contributed by atoms with Crippen LogP contribution in [0, 0.1) is 5.92 Å². The number of carbonyl (C=O) groups is 1. The van der Waals surface area contributed by atoms with E-state index in [1.54, 1.807) is 0 Å². The van der Waals surface area contributed by atoms with Crippen LogP contribution in [0.2, 0.25) is 0 Å². The van der Waals surface area contributed by atoms with E-state index < -0.39 is 27.0 Å². The quantitative estimate of drug-likeness (QED) is 0.654. The van der Waals surface area contributed by atoms with Gasteiger partial charge < -0.3 is 5.11 Å². The molecule has 1 aliphatic rings. The van der Waals surface area contributed by atoms with E-state index in [1.165, 1.54) is 6.92 Å². The third-order valence-electron chi connectivity index (χ3n) is 1.91. The Morgan fingerprint density at radius 3 is 2.45 bits per heavy atom. The molecule has 64 valence electrons. The Bertz CT molecular complexity index is 266. The SMILES string of the molecule is CCS(=O)(=O)C1CC1C(=O)O. The Morgan fingerprint density at radius 2 is 2.18 bits per heavy atom. The summed E-state index contributed by atoms with van der Waals surface area (Å²) in [6.45, 7) is 1.53. The van der Waals surface area contributed by atoms with Crippen molar-refractivity contribution in [3.05, 3.63) is 0 Å². The lowest BCUT2D eigenvalue weighted by Crippen LogP contribution is -2.14. The smallest absolute Gasteiger partial charge is 0.307 e. The highest BCUT2D eigenvalue weighted by Crippen LogP contribution is 2.37. The fraction of sp³-hybridized carbons (Fsp3) is 0.833. The van der Waals surface area contributed by atoms with E-state index in [1.807, 2.05) is 0 Å². The van der Waals surface area contributed by atoms with E-state index in [2.05, 4.69) is 0 Å². The maximum absolute atomic E-state index is 11.0. The molecule has 2 unspecified atom stereocenters. The summed E-state index contributed by atoms with van der Waals surface area (Å²) >= 11 is 0. The first-order valence-corrected chi connectivity index (χ1v) is 5.15. The highest BCUT2D eigenvalue weighted by Gasteiger charge is 2.50. The molecule has 0 radical (unpaired) electrons. The monoisotopic (exact) mass is 178 g/mol. The van der Waals surface area contributed by atoms with Gasteiger partial charge in [0.1, 0.15) is 0 Å². The number of aliphatic carboxylic acids is 1. The topological polar surface area (TPSA) is 71.4 Å². The molecule has 0 aliphatic heterocycles. The van der Waals surface area contributed by atoms with Crippen LogP contribution in [0.1, 0.15) is 13.3 Å². The average Bonchev–Trinajstić information content (AvgIpc) is 2.65. The van der Waals surface area contributed by atoms with Gasteiger partial charge in [0.25, 0.3) is 0 Å². The second-order valence-corrected chi connectivity index (χ2v) is 5.18. The molecule has 1 aliphatic carbocycles. The van der Waals surface area contributed by atoms with Crippen LogP contribution >= 0.6 is 0 Å². The van der Waals surface area contributed by atoms with Crippen LogP contribution in [0.3, 0.4) is 0 Å². The Hall–Kier alpha value is -0.580. The van der Waals surface area contributed by atoms with Crippen molar-refractivity contribution in [2.75, 3.05) is 5.75 Å². The van der Waals surface area contributed by atoms with Crippen LogP contribution in [-0.2, 0) is 14.6 Å². The van der Waals surface area contributed by atoms with E-state index in [4.69, 9.17) is 5.11 Å². The molecule has 0 amide bonds. The van der Waals surface area contributed by atoms with Crippen molar-refractivity contribution >= 4 is 15.8 Å². The van der Waals surface area contributed by atoms with Crippen molar-refractivity contribution < 1.29 is 18.3 Å². The lowest BCUT2D eigenvalue weighted by atomic mass is 10.4. The highest BCUT2D eigenvalue weighted by atomic mass is 32.2. The average molecular weight is 178 g/mol. The molecule has 0 aromatic heterocycles. The van der Waals surface area contributed by atoms with Gasteiger partial charge >= 0.3 is 5.97 Å². The summed E-state index contributed by atoms with van der Waals surface area (Å²) in [5.41, 5.74) is 0. The maximum Gasteiger partial charge on any atom is 0.307 e. The zero-order valence-corrected chi connectivity index (χ0v) is 6.97. The molecule has 0 aromatic rings. The predicted octanol–water partition coefficient (Wildman–Crippen LogP) is -0.106. The van der Waals surface area contributed by atoms with E-state index in [9.17, 15) is 13.2 Å². The maximum atomic E-state index is 11.0. The number of hydrogen-bond acceptors (Lipinski definition) is 3. The molecule has 0 aromatic carbocycles. The minimum Gasteiger partial charge on any atom is -0.481 e. The minimum absolute atomic E-state index is 0.0431. The normalized spacial score (nSPS) is 29.9. The molecular formula is C6H10O4S. The Kier molecular flexibility index (Phi) is 1.92. The Balaban J connectivity index is 2.64. The van der Waals surface area contributed by atoms with Gasteiger partial charge in [-0.2, -0.15) is 0 Å². The van der Waals surface area contributed by atoms with Gasteiger partial charge in [-0.1, -0.05) is 6.92 Å². The van der Waals surface area contributed by atoms with Gasteiger partial charge in [0.15, 0.2) is 9.84 Å². The molecule has 11 heavy (non-hydrogen) atoms. The Labute approximate surface area is 65.1 Å². The molecule has 2 atom stereocenters. The zero-order chi connectivity index (χ0) is 8.65. The standard InChI is InChI=1S/C6H10O4S/c1-2-11(9,10)5-3-4(5)6(7)8/h4-5H,2-3H2,1H3,(H,7,8). The zero-order valence-electron chi connectivity index (χ0n) is 6.15. The van der Waals surface area contributed by atoms with Gasteiger partial charge in [0.2, 0.25) is 0 Å². The molecular weight excluding hydrogens is 168 g/mol. The minimum atomic E-state index is -3.10. The molecule has 1 saturated carbocycles. The van der Waals surface area contributed by atoms with E-state index in [0.29, 0.717) is 6.42 Å². The summed E-state index contributed by atoms with van der Waals surface area (Å²) < 4.78 is 22.0. The lowest BCUT2D eigenvalue weighted by Gasteiger charge is -1.95. The van der Waals surface area contributed by atoms with Crippen LogP contribution < -0.4 is 0 Å². The van der Waals surface area contributed by atoms with E-state index in [0.717, 1.165) is 0 Å². The predicted molar refractivity (Wildman–Crippen MR) is 39.0 cm³/mol. The van der Waals surface area contributed by atoms with Gasteiger partial charge in [-0.15, -0.1) is 0 Å². The summed E-state index contributed by atoms with van der Waals surface area (Å²) in [6, 6.07) is 0. The summed E-state index contributed by atoms with van der Waals surface area (Å²) in [5, 5.41) is 7.81. The second-order valence-electron chi connectivity index (χ2n) is 2.67. The number of hydrogen-bond donors (Lipinski definition) is 1.